The van der Waals surface area contributed by atoms with E-state index in [-0.39, 0.29) is 0 Å². The molecule has 14 aromatic rings. The Kier molecular flexibility index (Phi) is 10.3. The van der Waals surface area contributed by atoms with Gasteiger partial charge in [-0.1, -0.05) is 194 Å². The van der Waals surface area contributed by atoms with Gasteiger partial charge in [0.15, 0.2) is 0 Å². The molecule has 0 saturated heterocycles. The Morgan fingerprint density at radius 3 is 1.50 bits per heavy atom. The van der Waals surface area contributed by atoms with Crippen molar-refractivity contribution in [3.63, 3.8) is 0 Å². The topological polar surface area (TPSA) is 6.48 Å². The summed E-state index contributed by atoms with van der Waals surface area (Å²) in [7, 11) is 0. The van der Waals surface area contributed by atoms with Gasteiger partial charge in [-0.15, -0.1) is 22.7 Å². The predicted octanol–water partition coefficient (Wildman–Crippen LogP) is 20.7. The lowest BCUT2D eigenvalue weighted by atomic mass is 9.96. The molecule has 0 aliphatic rings. The molecule has 72 heavy (non-hydrogen) atoms. The fraction of sp³-hybridized carbons (Fsp3) is 0. The minimum atomic E-state index is 1.09. The molecule has 12 aromatic carbocycles. The van der Waals surface area contributed by atoms with Crippen molar-refractivity contribution in [2.45, 2.75) is 0 Å². The third-order valence-corrected chi connectivity index (χ3v) is 16.6. The van der Waals surface area contributed by atoms with Crippen LogP contribution in [0.1, 0.15) is 0 Å². The Morgan fingerprint density at radius 2 is 0.778 bits per heavy atom. The summed E-state index contributed by atoms with van der Waals surface area (Å²) in [5, 5.41) is 9.98. The van der Waals surface area contributed by atoms with E-state index in [1.807, 2.05) is 22.7 Å². The Hall–Kier alpha value is -8.80. The fourth-order valence-electron chi connectivity index (χ4n) is 10.9. The summed E-state index contributed by atoms with van der Waals surface area (Å²) in [6, 6.07) is 98.0. The number of nitrogens with zero attached hydrogens (tertiary/aromatic N) is 2. The Labute approximate surface area is 426 Å². The summed E-state index contributed by atoms with van der Waals surface area (Å²) in [6.45, 7) is 0. The maximum atomic E-state index is 2.50. The molecule has 0 aliphatic heterocycles. The van der Waals surface area contributed by atoms with Gasteiger partial charge in [0.2, 0.25) is 0 Å². The van der Waals surface area contributed by atoms with Crippen LogP contribution in [0.25, 0.3) is 95.3 Å². The van der Waals surface area contributed by atoms with Crippen LogP contribution in [0.2, 0.25) is 0 Å². The number of fused-ring (bicyclic) bond motifs is 9. The first-order chi connectivity index (χ1) is 35.7. The van der Waals surface area contributed by atoms with Gasteiger partial charge in [-0.25, -0.2) is 0 Å². The van der Waals surface area contributed by atoms with Crippen molar-refractivity contribution in [2.24, 2.45) is 0 Å². The molecule has 2 aromatic heterocycles. The standard InChI is InChI=1S/C68H44N2S2/c1-3-18-45(19-4-1)46-36-38-51(39-37-46)69(62-44-50-22-7-8-27-55(50)68-67(62)59-31-12-14-34-64(59)72-68)52-25-15-23-48(42-52)49-24-16-26-53(43-49)70(61-32-17-35-65-66(61)58-30-11-13-33-63(58)71-65)60-41-40-54(47-20-5-2-6-21-47)56-28-9-10-29-57(56)60/h1-44H. The molecule has 0 saturated carbocycles. The molecule has 0 spiro atoms. The molecule has 14 rings (SSSR count). The number of anilines is 6. The summed E-state index contributed by atoms with van der Waals surface area (Å²) in [5.41, 5.74) is 13.8. The van der Waals surface area contributed by atoms with Gasteiger partial charge in [0.05, 0.1) is 17.1 Å². The molecular formula is C68H44N2S2. The first-order valence-corrected chi connectivity index (χ1v) is 26.1. The average molecular weight is 953 g/mol. The zero-order chi connectivity index (χ0) is 47.5. The molecule has 0 fully saturated rings. The van der Waals surface area contributed by atoms with Gasteiger partial charge in [0.25, 0.3) is 0 Å². The molecule has 0 bridgehead atoms. The predicted molar refractivity (Wildman–Crippen MR) is 313 cm³/mol. The van der Waals surface area contributed by atoms with Gasteiger partial charge in [-0.2, -0.15) is 0 Å². The lowest BCUT2D eigenvalue weighted by Crippen LogP contribution is -2.11. The van der Waals surface area contributed by atoms with Crippen molar-refractivity contribution < 1.29 is 0 Å². The van der Waals surface area contributed by atoms with Crippen molar-refractivity contribution in [2.75, 3.05) is 9.80 Å². The molecule has 338 valence electrons. The van der Waals surface area contributed by atoms with Gasteiger partial charge in [-0.05, 0) is 122 Å². The van der Waals surface area contributed by atoms with Crippen molar-refractivity contribution in [1.29, 1.82) is 0 Å². The Morgan fingerprint density at radius 1 is 0.250 bits per heavy atom. The van der Waals surface area contributed by atoms with Crippen LogP contribution < -0.4 is 9.80 Å². The van der Waals surface area contributed by atoms with Crippen LogP contribution in [0.3, 0.4) is 0 Å². The van der Waals surface area contributed by atoms with Crippen LogP contribution in [0.4, 0.5) is 34.1 Å². The maximum absolute atomic E-state index is 2.50. The van der Waals surface area contributed by atoms with Crippen LogP contribution in [0, 0.1) is 0 Å². The lowest BCUT2D eigenvalue weighted by Gasteiger charge is -2.29. The number of thiophene rings is 2. The lowest BCUT2D eigenvalue weighted by molar-refractivity contribution is 1.30. The van der Waals surface area contributed by atoms with E-state index >= 15 is 0 Å². The monoisotopic (exact) mass is 952 g/mol. The first-order valence-electron chi connectivity index (χ1n) is 24.5. The van der Waals surface area contributed by atoms with Crippen LogP contribution >= 0.6 is 22.7 Å². The van der Waals surface area contributed by atoms with E-state index < -0.39 is 0 Å². The van der Waals surface area contributed by atoms with Crippen molar-refractivity contribution >= 4 is 119 Å². The minimum Gasteiger partial charge on any atom is -0.310 e. The average Bonchev–Trinajstić information content (AvgIpc) is 4.04. The van der Waals surface area contributed by atoms with Gasteiger partial charge in [-0.3, -0.25) is 0 Å². The molecule has 0 atom stereocenters. The summed E-state index contributed by atoms with van der Waals surface area (Å²) in [6.07, 6.45) is 0. The second-order valence-electron chi connectivity index (χ2n) is 18.4. The molecule has 2 nitrogen and oxygen atoms in total. The van der Waals surface area contributed by atoms with E-state index in [0.29, 0.717) is 0 Å². The molecule has 0 aliphatic carbocycles. The highest BCUT2D eigenvalue weighted by Gasteiger charge is 2.24. The van der Waals surface area contributed by atoms with Crippen molar-refractivity contribution in [3.05, 3.63) is 267 Å². The van der Waals surface area contributed by atoms with Crippen LogP contribution in [-0.4, -0.2) is 0 Å². The van der Waals surface area contributed by atoms with Crippen molar-refractivity contribution in [1.82, 2.24) is 0 Å². The van der Waals surface area contributed by atoms with E-state index in [9.17, 15) is 0 Å². The second kappa shape index (κ2) is 17.6. The third-order valence-electron chi connectivity index (χ3n) is 14.2. The second-order valence-corrected chi connectivity index (χ2v) is 20.5. The van der Waals surface area contributed by atoms with Crippen molar-refractivity contribution in [3.8, 4) is 33.4 Å². The smallest absolute Gasteiger partial charge is 0.0561 e. The molecule has 2 heterocycles. The molecular weight excluding hydrogens is 909 g/mol. The van der Waals surface area contributed by atoms with Gasteiger partial charge in [0.1, 0.15) is 0 Å². The van der Waals surface area contributed by atoms with Gasteiger partial charge < -0.3 is 9.80 Å². The number of hydrogen-bond acceptors (Lipinski definition) is 4. The van der Waals surface area contributed by atoms with Gasteiger partial charge in [0, 0.05) is 62.8 Å². The Balaban J connectivity index is 0.968. The van der Waals surface area contributed by atoms with E-state index in [1.165, 1.54) is 84.1 Å². The normalized spacial score (nSPS) is 11.6. The summed E-state index contributed by atoms with van der Waals surface area (Å²) in [5.74, 6) is 0. The highest BCUT2D eigenvalue weighted by Crippen LogP contribution is 2.51. The van der Waals surface area contributed by atoms with Crippen LogP contribution in [-0.2, 0) is 0 Å². The van der Waals surface area contributed by atoms with Gasteiger partial charge >= 0.3 is 0 Å². The molecule has 0 amide bonds. The minimum absolute atomic E-state index is 1.09. The molecule has 0 radical (unpaired) electrons. The number of hydrogen-bond donors (Lipinski definition) is 0. The van der Waals surface area contributed by atoms with E-state index in [0.717, 1.165) is 45.3 Å². The third kappa shape index (κ3) is 7.14. The largest absolute Gasteiger partial charge is 0.310 e. The summed E-state index contributed by atoms with van der Waals surface area (Å²) < 4.78 is 5.14. The fourth-order valence-corrected chi connectivity index (χ4v) is 13.3. The number of benzene rings is 12. The molecule has 0 unspecified atom stereocenters. The van der Waals surface area contributed by atoms with Crippen LogP contribution in [0.15, 0.2) is 267 Å². The Bertz CT molecular complexity index is 4340. The van der Waals surface area contributed by atoms with E-state index in [2.05, 4.69) is 277 Å². The summed E-state index contributed by atoms with van der Waals surface area (Å²) >= 11 is 3.74. The quantitative estimate of drug-likeness (QED) is 0.142. The highest BCUT2D eigenvalue weighted by molar-refractivity contribution is 7.27. The van der Waals surface area contributed by atoms with E-state index in [1.54, 1.807) is 0 Å². The number of rotatable bonds is 9. The zero-order valence-corrected chi connectivity index (χ0v) is 40.7. The van der Waals surface area contributed by atoms with Crippen LogP contribution in [0.5, 0.6) is 0 Å². The molecule has 4 heteroatoms. The molecule has 0 N–H and O–H groups in total. The van der Waals surface area contributed by atoms with E-state index in [4.69, 9.17) is 0 Å². The zero-order valence-electron chi connectivity index (χ0n) is 39.1. The SMILES string of the molecule is c1ccc(-c2ccc(N(c3cccc(-c4cccc(N(c5ccc(-c6ccccc6)c6ccccc56)c5cccc6sc7ccccc7c56)c4)c3)c3cc4ccccc4c4sc5ccccc5c34)cc2)cc1. The maximum Gasteiger partial charge on any atom is 0.0561 e. The highest BCUT2D eigenvalue weighted by atomic mass is 32.1. The summed E-state index contributed by atoms with van der Waals surface area (Å²) in [4.78, 5) is 4.98. The first kappa shape index (κ1) is 42.1.